The number of carbonyl (C=O) groups is 2. The minimum absolute atomic E-state index is 0.0751. The largest absolute Gasteiger partial charge is 0.497 e. The molecule has 0 spiro atoms. The van der Waals surface area contributed by atoms with E-state index in [2.05, 4.69) is 5.32 Å². The molecule has 1 N–H and O–H groups in total. The number of hydrogen-bond acceptors (Lipinski definition) is 3. The maximum atomic E-state index is 12.5. The van der Waals surface area contributed by atoms with Crippen LogP contribution in [0.3, 0.4) is 0 Å². The molecule has 0 aliphatic carbocycles. The summed E-state index contributed by atoms with van der Waals surface area (Å²) in [6.45, 7) is 5.44. The van der Waals surface area contributed by atoms with Gasteiger partial charge >= 0.3 is 0 Å². The van der Waals surface area contributed by atoms with Crippen molar-refractivity contribution < 1.29 is 14.3 Å². The smallest absolute Gasteiger partial charge is 0.237 e. The first kappa shape index (κ1) is 17.3. The van der Waals surface area contributed by atoms with Gasteiger partial charge in [-0.15, -0.1) is 0 Å². The van der Waals surface area contributed by atoms with E-state index in [1.807, 2.05) is 24.3 Å². The molecular formula is C18H26N2O3. The number of methoxy groups -OCH3 is 1. The predicted octanol–water partition coefficient (Wildman–Crippen LogP) is 2.00. The van der Waals surface area contributed by atoms with Crippen LogP contribution >= 0.6 is 0 Å². The first-order chi connectivity index (χ1) is 10.9. The highest BCUT2D eigenvalue weighted by molar-refractivity contribution is 6.04. The Hall–Kier alpha value is -2.04. The standard InChI is InChI=1S/C18H26N2O3/c1-18(2,17(22)20-11-4-5-12-20)16(21)19-10-9-14-7-6-8-15(13-14)23-3/h6-8,13H,4-5,9-12H2,1-3H3,(H,19,21). The highest BCUT2D eigenvalue weighted by Gasteiger charge is 2.39. The van der Waals surface area contributed by atoms with Crippen molar-refractivity contribution in [3.63, 3.8) is 0 Å². The van der Waals surface area contributed by atoms with Gasteiger partial charge in [0.25, 0.3) is 0 Å². The van der Waals surface area contributed by atoms with Crippen LogP contribution in [0.5, 0.6) is 5.75 Å². The van der Waals surface area contributed by atoms with Crippen LogP contribution < -0.4 is 10.1 Å². The summed E-state index contributed by atoms with van der Waals surface area (Å²) in [4.78, 5) is 26.7. The SMILES string of the molecule is COc1cccc(CCNC(=O)C(C)(C)C(=O)N2CCCC2)c1. The van der Waals surface area contributed by atoms with E-state index in [-0.39, 0.29) is 11.8 Å². The summed E-state index contributed by atoms with van der Waals surface area (Å²) in [5.41, 5.74) is 0.0759. The molecule has 2 amide bonds. The van der Waals surface area contributed by atoms with E-state index in [1.54, 1.807) is 25.9 Å². The Kier molecular flexibility index (Phi) is 5.64. The Labute approximate surface area is 138 Å². The van der Waals surface area contributed by atoms with Crippen molar-refractivity contribution >= 4 is 11.8 Å². The molecule has 5 nitrogen and oxygen atoms in total. The van der Waals surface area contributed by atoms with Crippen LogP contribution in [0.4, 0.5) is 0 Å². The number of hydrogen-bond donors (Lipinski definition) is 1. The van der Waals surface area contributed by atoms with Gasteiger partial charge in [0.05, 0.1) is 7.11 Å². The zero-order valence-electron chi connectivity index (χ0n) is 14.2. The summed E-state index contributed by atoms with van der Waals surface area (Å²) in [7, 11) is 1.63. The predicted molar refractivity (Wildman–Crippen MR) is 89.3 cm³/mol. The number of nitrogens with zero attached hydrogens (tertiary/aromatic N) is 1. The van der Waals surface area contributed by atoms with Gasteiger partial charge in [-0.25, -0.2) is 0 Å². The molecule has 1 aliphatic rings. The molecule has 1 fully saturated rings. The zero-order valence-corrected chi connectivity index (χ0v) is 14.2. The second kappa shape index (κ2) is 7.49. The lowest BCUT2D eigenvalue weighted by Gasteiger charge is -2.28. The van der Waals surface area contributed by atoms with Crippen molar-refractivity contribution in [2.75, 3.05) is 26.7 Å². The van der Waals surface area contributed by atoms with Gasteiger partial charge in [0.2, 0.25) is 11.8 Å². The summed E-state index contributed by atoms with van der Waals surface area (Å²) in [6.07, 6.45) is 2.76. The molecule has 1 saturated heterocycles. The Morgan fingerprint density at radius 3 is 2.61 bits per heavy atom. The molecule has 0 unspecified atom stereocenters. The summed E-state index contributed by atoms with van der Waals surface area (Å²) >= 11 is 0. The maximum absolute atomic E-state index is 12.5. The van der Waals surface area contributed by atoms with Crippen molar-refractivity contribution in [2.45, 2.75) is 33.1 Å². The number of carbonyl (C=O) groups excluding carboxylic acids is 2. The highest BCUT2D eigenvalue weighted by atomic mass is 16.5. The molecule has 1 heterocycles. The number of nitrogens with one attached hydrogen (secondary N) is 1. The second-order valence-corrected chi connectivity index (χ2v) is 6.48. The Balaban J connectivity index is 1.86. The molecule has 0 aromatic heterocycles. The summed E-state index contributed by atoms with van der Waals surface area (Å²) in [5, 5.41) is 2.89. The lowest BCUT2D eigenvalue weighted by atomic mass is 9.90. The Morgan fingerprint density at radius 2 is 1.96 bits per heavy atom. The normalized spacial score (nSPS) is 14.7. The van der Waals surface area contributed by atoms with Gasteiger partial charge in [0, 0.05) is 19.6 Å². The van der Waals surface area contributed by atoms with Crippen molar-refractivity contribution in [1.29, 1.82) is 0 Å². The topological polar surface area (TPSA) is 58.6 Å². The lowest BCUT2D eigenvalue weighted by Crippen LogP contribution is -2.49. The zero-order chi connectivity index (χ0) is 16.9. The van der Waals surface area contributed by atoms with E-state index >= 15 is 0 Å². The number of ether oxygens (including phenoxy) is 1. The van der Waals surface area contributed by atoms with Gasteiger partial charge in [-0.3, -0.25) is 9.59 Å². The van der Waals surface area contributed by atoms with Crippen LogP contribution in [-0.4, -0.2) is 43.5 Å². The fourth-order valence-electron chi connectivity index (χ4n) is 2.78. The fourth-order valence-corrected chi connectivity index (χ4v) is 2.78. The molecule has 126 valence electrons. The van der Waals surface area contributed by atoms with Crippen molar-refractivity contribution in [3.8, 4) is 5.75 Å². The van der Waals surface area contributed by atoms with E-state index in [4.69, 9.17) is 4.74 Å². The number of benzene rings is 1. The third kappa shape index (κ3) is 4.24. The van der Waals surface area contributed by atoms with Gasteiger partial charge in [-0.2, -0.15) is 0 Å². The fraction of sp³-hybridized carbons (Fsp3) is 0.556. The number of likely N-dealkylation sites (tertiary alicyclic amines) is 1. The van der Waals surface area contributed by atoms with Gasteiger partial charge < -0.3 is 15.0 Å². The van der Waals surface area contributed by atoms with Crippen molar-refractivity contribution in [2.24, 2.45) is 5.41 Å². The number of amides is 2. The van der Waals surface area contributed by atoms with Crippen LogP contribution in [0.1, 0.15) is 32.3 Å². The first-order valence-corrected chi connectivity index (χ1v) is 8.16. The third-order valence-corrected chi connectivity index (χ3v) is 4.33. The van der Waals surface area contributed by atoms with Crippen molar-refractivity contribution in [3.05, 3.63) is 29.8 Å². The molecule has 23 heavy (non-hydrogen) atoms. The van der Waals surface area contributed by atoms with Gasteiger partial charge in [0.15, 0.2) is 0 Å². The van der Waals surface area contributed by atoms with E-state index in [0.29, 0.717) is 13.0 Å². The molecule has 2 rings (SSSR count). The van der Waals surface area contributed by atoms with E-state index in [1.165, 1.54) is 0 Å². The van der Waals surface area contributed by atoms with E-state index in [9.17, 15) is 9.59 Å². The average molecular weight is 318 g/mol. The molecule has 0 atom stereocenters. The molecule has 0 radical (unpaired) electrons. The quantitative estimate of drug-likeness (QED) is 0.816. The molecule has 1 aromatic rings. The van der Waals surface area contributed by atoms with E-state index in [0.717, 1.165) is 37.2 Å². The van der Waals surface area contributed by atoms with Crippen LogP contribution in [0.2, 0.25) is 0 Å². The maximum Gasteiger partial charge on any atom is 0.237 e. The molecule has 5 heteroatoms. The molecule has 0 bridgehead atoms. The molecule has 1 aliphatic heterocycles. The first-order valence-electron chi connectivity index (χ1n) is 8.16. The van der Waals surface area contributed by atoms with Crippen LogP contribution in [0.15, 0.2) is 24.3 Å². The second-order valence-electron chi connectivity index (χ2n) is 6.48. The summed E-state index contributed by atoms with van der Waals surface area (Å²) < 4.78 is 5.19. The summed E-state index contributed by atoms with van der Waals surface area (Å²) in [5.74, 6) is 0.518. The third-order valence-electron chi connectivity index (χ3n) is 4.33. The van der Waals surface area contributed by atoms with Crippen LogP contribution in [-0.2, 0) is 16.0 Å². The van der Waals surface area contributed by atoms with E-state index < -0.39 is 5.41 Å². The average Bonchev–Trinajstić information content (AvgIpc) is 3.08. The minimum Gasteiger partial charge on any atom is -0.497 e. The lowest BCUT2D eigenvalue weighted by molar-refractivity contribution is -0.147. The minimum atomic E-state index is -1.02. The van der Waals surface area contributed by atoms with Crippen LogP contribution in [0, 0.1) is 5.41 Å². The highest BCUT2D eigenvalue weighted by Crippen LogP contribution is 2.22. The number of rotatable bonds is 6. The van der Waals surface area contributed by atoms with Crippen LogP contribution in [0.25, 0.3) is 0 Å². The van der Waals surface area contributed by atoms with Gasteiger partial charge in [-0.1, -0.05) is 12.1 Å². The van der Waals surface area contributed by atoms with Gasteiger partial charge in [0.1, 0.15) is 11.2 Å². The molecule has 0 saturated carbocycles. The Bertz CT molecular complexity index is 563. The Morgan fingerprint density at radius 1 is 1.26 bits per heavy atom. The summed E-state index contributed by atoms with van der Waals surface area (Å²) in [6, 6.07) is 7.76. The molecular weight excluding hydrogens is 292 g/mol. The monoisotopic (exact) mass is 318 g/mol. The molecule has 1 aromatic carbocycles. The van der Waals surface area contributed by atoms with Gasteiger partial charge in [-0.05, 0) is 50.8 Å². The van der Waals surface area contributed by atoms with Crippen molar-refractivity contribution in [1.82, 2.24) is 10.2 Å².